The average molecular weight is 295 g/mol. The highest BCUT2D eigenvalue weighted by Crippen LogP contribution is 2.48. The van der Waals surface area contributed by atoms with E-state index in [1.807, 2.05) is 6.92 Å². The maximum atomic E-state index is 5.82. The molecular formula is C9H17BO4PS2-. The van der Waals surface area contributed by atoms with Gasteiger partial charge >= 0.3 is 0 Å². The molecule has 0 N–H and O–H groups in total. The van der Waals surface area contributed by atoms with Gasteiger partial charge in [0.2, 0.25) is 0 Å². The molecule has 0 amide bonds. The number of methoxy groups -OCH3 is 2. The third kappa shape index (κ3) is 4.20. The topological polar surface area (TPSA) is 36.9 Å². The summed E-state index contributed by atoms with van der Waals surface area (Å²) in [5.41, 5.74) is -2.22. The van der Waals surface area contributed by atoms with Gasteiger partial charge in [0.05, 0.1) is 6.61 Å². The smallest absolute Gasteiger partial charge is 0.116 e. The molecule has 1 saturated heterocycles. The predicted octanol–water partition coefficient (Wildman–Crippen LogP) is 0.803. The van der Waals surface area contributed by atoms with Gasteiger partial charge in [-0.2, -0.15) is 0 Å². The lowest BCUT2D eigenvalue weighted by Crippen LogP contribution is -2.37. The Balaban J connectivity index is 2.77. The van der Waals surface area contributed by atoms with Crippen LogP contribution in [0.2, 0.25) is 0 Å². The lowest BCUT2D eigenvalue weighted by Gasteiger charge is -2.34. The minimum Gasteiger partial charge on any atom is -0.719 e. The molecule has 0 aliphatic carbocycles. The second-order valence-corrected chi connectivity index (χ2v) is 10.1. The molecule has 0 aromatic rings. The van der Waals surface area contributed by atoms with Gasteiger partial charge in [-0.3, -0.25) is 0 Å². The van der Waals surface area contributed by atoms with E-state index in [0.29, 0.717) is 12.8 Å². The molecule has 1 aliphatic rings. The first-order valence-corrected chi connectivity index (χ1v) is 9.28. The van der Waals surface area contributed by atoms with Crippen LogP contribution in [-0.2, 0) is 42.8 Å². The second kappa shape index (κ2) is 6.89. The van der Waals surface area contributed by atoms with Crippen molar-refractivity contribution < 1.29 is 18.7 Å². The average Bonchev–Trinajstić information content (AvgIpc) is 2.55. The molecule has 5 atom stereocenters. The van der Waals surface area contributed by atoms with E-state index in [4.69, 9.17) is 50.6 Å². The Hall–Kier alpha value is 0.905. The highest BCUT2D eigenvalue weighted by molar-refractivity contribution is 8.53. The lowest BCUT2D eigenvalue weighted by molar-refractivity contribution is -0.00935. The first-order valence-electron chi connectivity index (χ1n) is 5.36. The van der Waals surface area contributed by atoms with Crippen molar-refractivity contribution in [2.45, 2.75) is 31.2 Å². The fourth-order valence-electron chi connectivity index (χ4n) is 1.71. The number of hydrogen-bond acceptors (Lipinski definition) is 6. The largest absolute Gasteiger partial charge is 0.719 e. The maximum absolute atomic E-state index is 5.82. The minimum absolute atomic E-state index is 0.281. The minimum atomic E-state index is -2.22. The van der Waals surface area contributed by atoms with Gasteiger partial charge in [0, 0.05) is 20.2 Å². The van der Waals surface area contributed by atoms with Gasteiger partial charge in [-0.05, 0) is 6.16 Å². The van der Waals surface area contributed by atoms with Gasteiger partial charge < -0.3 is 31.0 Å². The van der Waals surface area contributed by atoms with Crippen LogP contribution >= 0.6 is 5.47 Å². The second-order valence-electron chi connectivity index (χ2n) is 3.79. The Morgan fingerprint density at radius 3 is 2.53 bits per heavy atom. The maximum Gasteiger partial charge on any atom is 0.116 e. The van der Waals surface area contributed by atoms with E-state index in [-0.39, 0.29) is 18.3 Å². The molecule has 0 bridgehead atoms. The van der Waals surface area contributed by atoms with Crippen molar-refractivity contribution in [1.29, 1.82) is 0 Å². The summed E-state index contributed by atoms with van der Waals surface area (Å²) in [6.07, 6.45) is -0.332. The summed E-state index contributed by atoms with van der Waals surface area (Å²) in [7, 11) is 8.98. The summed E-state index contributed by atoms with van der Waals surface area (Å²) in [4.78, 5) is 0. The molecular weight excluding hydrogens is 278 g/mol. The predicted molar refractivity (Wildman–Crippen MR) is 74.2 cm³/mol. The molecule has 0 saturated carbocycles. The third-order valence-electron chi connectivity index (χ3n) is 2.62. The van der Waals surface area contributed by atoms with E-state index < -0.39 is 11.5 Å². The SMILES string of the molecule is [B][C@@H]1O[C@H](COC)C(OP(=S)([S-])CC)[C@@H]1OC. The molecule has 17 heavy (non-hydrogen) atoms. The van der Waals surface area contributed by atoms with E-state index in [1.165, 1.54) is 0 Å². The van der Waals surface area contributed by atoms with Crippen LogP contribution in [0.5, 0.6) is 0 Å². The van der Waals surface area contributed by atoms with E-state index in [2.05, 4.69) is 0 Å². The van der Waals surface area contributed by atoms with Gasteiger partial charge in [-0.15, -0.1) is 0 Å². The normalized spacial score (nSPS) is 36.9. The van der Waals surface area contributed by atoms with Crippen molar-refractivity contribution in [3.63, 3.8) is 0 Å². The zero-order valence-corrected chi connectivity index (χ0v) is 12.7. The first kappa shape index (κ1) is 16.0. The number of hydrogen-bond donors (Lipinski definition) is 0. The van der Waals surface area contributed by atoms with Crippen LogP contribution in [0.3, 0.4) is 0 Å². The summed E-state index contributed by atoms with van der Waals surface area (Å²) in [5.74, 6) is 0. The Kier molecular flexibility index (Phi) is 6.47. The molecule has 1 fully saturated rings. The van der Waals surface area contributed by atoms with Crippen LogP contribution in [0.1, 0.15) is 6.92 Å². The van der Waals surface area contributed by atoms with Crippen molar-refractivity contribution >= 4 is 37.4 Å². The Labute approximate surface area is 114 Å². The van der Waals surface area contributed by atoms with Crippen molar-refractivity contribution in [3.8, 4) is 0 Å². The van der Waals surface area contributed by atoms with Crippen LogP contribution in [-0.4, -0.2) is 59.1 Å². The van der Waals surface area contributed by atoms with Crippen molar-refractivity contribution in [1.82, 2.24) is 0 Å². The van der Waals surface area contributed by atoms with Crippen LogP contribution < -0.4 is 0 Å². The van der Waals surface area contributed by atoms with E-state index in [1.54, 1.807) is 14.2 Å². The molecule has 2 radical (unpaired) electrons. The summed E-state index contributed by atoms with van der Waals surface area (Å²) in [6, 6.07) is -0.535. The molecule has 8 heteroatoms. The molecule has 0 spiro atoms. The van der Waals surface area contributed by atoms with Crippen LogP contribution in [0, 0.1) is 0 Å². The Bertz CT molecular complexity index is 294. The highest BCUT2D eigenvalue weighted by Gasteiger charge is 2.43. The van der Waals surface area contributed by atoms with E-state index in [0.717, 1.165) is 0 Å². The van der Waals surface area contributed by atoms with E-state index in [9.17, 15) is 0 Å². The molecule has 2 unspecified atom stereocenters. The standard InChI is InChI=1S/C9H18BO4PS2/c1-4-15(16,17)14-7-6(5-11-2)13-9(10)8(7)12-3/h6-9H,4-5H2,1-3H3,(H,16,17)/p-1/t6-,7?,8+,9-/m1/s1. The van der Waals surface area contributed by atoms with Gasteiger partial charge in [-0.1, -0.05) is 24.2 Å². The van der Waals surface area contributed by atoms with Crippen LogP contribution in [0.4, 0.5) is 0 Å². The quantitative estimate of drug-likeness (QED) is 0.410. The molecule has 0 aromatic heterocycles. The van der Waals surface area contributed by atoms with Gasteiger partial charge in [0.15, 0.2) is 0 Å². The number of ether oxygens (including phenoxy) is 3. The molecule has 1 rings (SSSR count). The number of rotatable bonds is 6. The van der Waals surface area contributed by atoms with Crippen LogP contribution in [0.15, 0.2) is 0 Å². The van der Waals surface area contributed by atoms with Crippen molar-refractivity contribution in [2.24, 2.45) is 0 Å². The summed E-state index contributed by atoms with van der Waals surface area (Å²) >= 11 is 10.5. The fraction of sp³-hybridized carbons (Fsp3) is 1.00. The molecule has 4 nitrogen and oxygen atoms in total. The summed E-state index contributed by atoms with van der Waals surface area (Å²) < 4.78 is 21.7. The fourth-order valence-corrected chi connectivity index (χ4v) is 3.08. The monoisotopic (exact) mass is 295 g/mol. The first-order chi connectivity index (χ1) is 7.95. The summed E-state index contributed by atoms with van der Waals surface area (Å²) in [5, 5.41) is 0. The zero-order valence-electron chi connectivity index (χ0n) is 10.2. The van der Waals surface area contributed by atoms with Crippen LogP contribution in [0.25, 0.3) is 0 Å². The molecule has 1 aliphatic heterocycles. The molecule has 1 heterocycles. The van der Waals surface area contributed by atoms with Gasteiger partial charge in [0.1, 0.15) is 26.2 Å². The zero-order chi connectivity index (χ0) is 13.1. The van der Waals surface area contributed by atoms with Crippen molar-refractivity contribution in [3.05, 3.63) is 0 Å². The lowest BCUT2D eigenvalue weighted by atomic mass is 9.93. The van der Waals surface area contributed by atoms with E-state index >= 15 is 0 Å². The van der Waals surface area contributed by atoms with Gasteiger partial charge in [-0.25, -0.2) is 0 Å². The molecule has 0 aromatic carbocycles. The third-order valence-corrected chi connectivity index (χ3v) is 6.02. The van der Waals surface area contributed by atoms with Crippen molar-refractivity contribution in [2.75, 3.05) is 27.0 Å². The Morgan fingerprint density at radius 1 is 1.41 bits per heavy atom. The summed E-state index contributed by atoms with van der Waals surface area (Å²) in [6.45, 7) is 2.31. The van der Waals surface area contributed by atoms with Gasteiger partial charge in [0.25, 0.3) is 0 Å². The Morgan fingerprint density at radius 2 is 2.06 bits per heavy atom. The molecule has 98 valence electrons. The highest BCUT2D eigenvalue weighted by atomic mass is 32.9.